The van der Waals surface area contributed by atoms with Gasteiger partial charge in [0.1, 0.15) is 4.90 Å². The Bertz CT molecular complexity index is 1140. The van der Waals surface area contributed by atoms with Crippen LogP contribution in [0.5, 0.6) is 0 Å². The number of aryl methyl sites for hydroxylation is 1. The zero-order valence-electron chi connectivity index (χ0n) is 16.9. The summed E-state index contributed by atoms with van der Waals surface area (Å²) in [6.07, 6.45) is 1.86. The number of esters is 1. The van der Waals surface area contributed by atoms with Crippen molar-refractivity contribution >= 4 is 27.6 Å². The number of carbonyl (C=O) groups is 1. The molecule has 0 saturated heterocycles. The highest BCUT2D eigenvalue weighted by Crippen LogP contribution is 2.23. The van der Waals surface area contributed by atoms with Gasteiger partial charge in [0.15, 0.2) is 12.4 Å². The normalized spacial score (nSPS) is 11.4. The van der Waals surface area contributed by atoms with Gasteiger partial charge >= 0.3 is 5.97 Å². The van der Waals surface area contributed by atoms with Crippen LogP contribution in [0, 0.1) is 0 Å². The van der Waals surface area contributed by atoms with Crippen molar-refractivity contribution in [3.8, 4) is 0 Å². The Hall–Kier alpha value is -2.82. The first kappa shape index (κ1) is 22.9. The average molecular weight is 464 g/mol. The first-order valence-electron chi connectivity index (χ1n) is 9.66. The Kier molecular flexibility index (Phi) is 7.72. The van der Waals surface area contributed by atoms with E-state index in [1.54, 1.807) is 16.8 Å². The lowest BCUT2D eigenvalue weighted by atomic mass is 10.2. The SMILES string of the molecule is CCCCn1nnnc1COC(=O)c1ccc(Cl)c(S(=O)(=O)NCc2ccccc2)c1. The maximum absolute atomic E-state index is 12.7. The van der Waals surface area contributed by atoms with Crippen molar-refractivity contribution in [2.75, 3.05) is 0 Å². The van der Waals surface area contributed by atoms with E-state index in [-0.39, 0.29) is 28.6 Å². The lowest BCUT2D eigenvalue weighted by molar-refractivity contribution is 0.0456. The van der Waals surface area contributed by atoms with Crippen molar-refractivity contribution in [3.63, 3.8) is 0 Å². The summed E-state index contributed by atoms with van der Waals surface area (Å²) in [6.45, 7) is 2.62. The Morgan fingerprint density at radius 1 is 1.19 bits per heavy atom. The zero-order valence-corrected chi connectivity index (χ0v) is 18.4. The number of nitrogens with one attached hydrogen (secondary N) is 1. The molecule has 1 N–H and O–H groups in total. The summed E-state index contributed by atoms with van der Waals surface area (Å²) in [5.41, 5.74) is 0.843. The minimum absolute atomic E-state index is 0.000574. The minimum Gasteiger partial charge on any atom is -0.454 e. The predicted octanol–water partition coefficient (Wildman–Crippen LogP) is 2.96. The number of nitrogens with zero attached hydrogens (tertiary/aromatic N) is 4. The van der Waals surface area contributed by atoms with Crippen molar-refractivity contribution < 1.29 is 17.9 Å². The average Bonchev–Trinajstić information content (AvgIpc) is 3.23. The molecule has 0 atom stereocenters. The highest BCUT2D eigenvalue weighted by molar-refractivity contribution is 7.89. The van der Waals surface area contributed by atoms with Crippen LogP contribution in [0.3, 0.4) is 0 Å². The highest BCUT2D eigenvalue weighted by Gasteiger charge is 2.21. The molecule has 3 aromatic rings. The van der Waals surface area contributed by atoms with Gasteiger partial charge in [-0.25, -0.2) is 22.6 Å². The molecule has 0 aliphatic carbocycles. The second-order valence-corrected chi connectivity index (χ2v) is 8.85. The van der Waals surface area contributed by atoms with Crippen LogP contribution in [0.15, 0.2) is 53.4 Å². The largest absolute Gasteiger partial charge is 0.454 e. The summed E-state index contributed by atoms with van der Waals surface area (Å²) in [5, 5.41) is 11.3. The van der Waals surface area contributed by atoms with Gasteiger partial charge in [0, 0.05) is 13.1 Å². The molecule has 9 nitrogen and oxygen atoms in total. The monoisotopic (exact) mass is 463 g/mol. The number of aromatic nitrogens is 4. The van der Waals surface area contributed by atoms with Gasteiger partial charge in [-0.2, -0.15) is 0 Å². The number of benzene rings is 2. The van der Waals surface area contributed by atoms with Crippen LogP contribution in [0.25, 0.3) is 0 Å². The Labute approximate surface area is 185 Å². The van der Waals surface area contributed by atoms with Crippen LogP contribution in [0.2, 0.25) is 5.02 Å². The third kappa shape index (κ3) is 6.09. The summed E-state index contributed by atoms with van der Waals surface area (Å²) >= 11 is 6.09. The van der Waals surface area contributed by atoms with E-state index in [9.17, 15) is 13.2 Å². The number of hydrogen-bond donors (Lipinski definition) is 1. The van der Waals surface area contributed by atoms with Crippen LogP contribution in [-0.4, -0.2) is 34.6 Å². The van der Waals surface area contributed by atoms with Gasteiger partial charge in [0.25, 0.3) is 0 Å². The van der Waals surface area contributed by atoms with Crippen LogP contribution >= 0.6 is 11.6 Å². The Morgan fingerprint density at radius 2 is 1.97 bits per heavy atom. The lowest BCUT2D eigenvalue weighted by Gasteiger charge is -2.10. The van der Waals surface area contributed by atoms with Gasteiger partial charge < -0.3 is 4.74 Å². The molecule has 0 aliphatic rings. The first-order chi connectivity index (χ1) is 14.9. The van der Waals surface area contributed by atoms with E-state index in [4.69, 9.17) is 16.3 Å². The van der Waals surface area contributed by atoms with Crippen molar-refractivity contribution in [1.82, 2.24) is 24.9 Å². The molecule has 31 heavy (non-hydrogen) atoms. The van der Waals surface area contributed by atoms with Gasteiger partial charge in [0.2, 0.25) is 10.0 Å². The molecule has 3 rings (SSSR count). The number of unbranched alkanes of at least 4 members (excludes halogenated alkanes) is 1. The molecule has 0 spiro atoms. The number of hydrogen-bond acceptors (Lipinski definition) is 7. The fraction of sp³-hybridized carbons (Fsp3) is 0.300. The van der Waals surface area contributed by atoms with Crippen LogP contribution in [-0.2, 0) is 34.5 Å². The van der Waals surface area contributed by atoms with Crippen LogP contribution in [0.4, 0.5) is 0 Å². The van der Waals surface area contributed by atoms with Crippen molar-refractivity contribution in [2.24, 2.45) is 0 Å². The van der Waals surface area contributed by atoms with Crippen molar-refractivity contribution in [2.45, 2.75) is 44.4 Å². The van der Waals surface area contributed by atoms with E-state index in [2.05, 4.69) is 20.2 Å². The molecular formula is C20H22ClN5O4S. The summed E-state index contributed by atoms with van der Waals surface area (Å²) < 4.78 is 34.8. The third-order valence-electron chi connectivity index (χ3n) is 4.43. The molecule has 1 heterocycles. The fourth-order valence-electron chi connectivity index (χ4n) is 2.71. The molecule has 0 saturated carbocycles. The molecule has 164 valence electrons. The molecule has 0 bridgehead atoms. The molecule has 0 aliphatic heterocycles. The Morgan fingerprint density at radius 3 is 2.71 bits per heavy atom. The molecule has 0 radical (unpaired) electrons. The van der Waals surface area contributed by atoms with E-state index in [0.717, 1.165) is 18.4 Å². The van der Waals surface area contributed by atoms with Crippen molar-refractivity contribution in [1.29, 1.82) is 0 Å². The molecule has 0 amide bonds. The standard InChI is InChI=1S/C20H22ClN5O4S/c1-2-3-11-26-19(23-24-25-26)14-30-20(27)16-9-10-17(21)18(12-16)31(28,29)22-13-15-7-5-4-6-8-15/h4-10,12,22H,2-3,11,13-14H2,1H3. The topological polar surface area (TPSA) is 116 Å². The van der Waals surface area contributed by atoms with Crippen LogP contribution < -0.4 is 4.72 Å². The second kappa shape index (κ2) is 10.5. The number of ether oxygens (including phenoxy) is 1. The maximum Gasteiger partial charge on any atom is 0.338 e. The molecule has 2 aromatic carbocycles. The maximum atomic E-state index is 12.7. The van der Waals surface area contributed by atoms with E-state index >= 15 is 0 Å². The van der Waals surface area contributed by atoms with Crippen LogP contribution in [0.1, 0.15) is 41.5 Å². The summed E-state index contributed by atoms with van der Waals surface area (Å²) in [4.78, 5) is 12.3. The summed E-state index contributed by atoms with van der Waals surface area (Å²) in [5.74, 6) is -0.297. The second-order valence-electron chi connectivity index (χ2n) is 6.70. The zero-order chi connectivity index (χ0) is 22.3. The molecule has 11 heteroatoms. The minimum atomic E-state index is -3.95. The van der Waals surface area contributed by atoms with Gasteiger partial charge in [-0.15, -0.1) is 5.10 Å². The number of tetrazole rings is 1. The predicted molar refractivity (Wildman–Crippen MR) is 114 cm³/mol. The smallest absolute Gasteiger partial charge is 0.338 e. The van der Waals surface area contributed by atoms with Gasteiger partial charge in [0.05, 0.1) is 10.6 Å². The molecule has 1 aromatic heterocycles. The molecule has 0 fully saturated rings. The van der Waals surface area contributed by atoms with E-state index in [0.29, 0.717) is 12.4 Å². The van der Waals surface area contributed by atoms with Crippen molar-refractivity contribution in [3.05, 3.63) is 70.5 Å². The lowest BCUT2D eigenvalue weighted by Crippen LogP contribution is -2.24. The highest BCUT2D eigenvalue weighted by atomic mass is 35.5. The molecule has 0 unspecified atom stereocenters. The van der Waals surface area contributed by atoms with Gasteiger partial charge in [-0.3, -0.25) is 0 Å². The van der Waals surface area contributed by atoms with E-state index < -0.39 is 16.0 Å². The number of carbonyl (C=O) groups excluding carboxylic acids is 1. The quantitative estimate of drug-likeness (QED) is 0.459. The van der Waals surface area contributed by atoms with E-state index in [1.807, 2.05) is 25.1 Å². The van der Waals surface area contributed by atoms with Gasteiger partial charge in [-0.1, -0.05) is 55.3 Å². The third-order valence-corrected chi connectivity index (χ3v) is 6.31. The first-order valence-corrected chi connectivity index (χ1v) is 11.5. The van der Waals surface area contributed by atoms with E-state index in [1.165, 1.54) is 18.2 Å². The molecular weight excluding hydrogens is 442 g/mol. The summed E-state index contributed by atoms with van der Waals surface area (Å²) in [7, 11) is -3.95. The summed E-state index contributed by atoms with van der Waals surface area (Å²) in [6, 6.07) is 13.0. The Balaban J connectivity index is 1.69. The number of rotatable bonds is 10. The number of sulfonamides is 1. The number of halogens is 1. The fourth-order valence-corrected chi connectivity index (χ4v) is 4.25. The van der Waals surface area contributed by atoms with Gasteiger partial charge in [-0.05, 0) is 40.6 Å².